The first kappa shape index (κ1) is 35.9. The van der Waals surface area contributed by atoms with E-state index in [1.807, 2.05) is 30.3 Å². The zero-order valence-electron chi connectivity index (χ0n) is 31.2. The predicted octanol–water partition coefficient (Wildman–Crippen LogP) is 6.16. The monoisotopic (exact) mass is 759 g/mol. The summed E-state index contributed by atoms with van der Waals surface area (Å²) in [7, 11) is 0. The predicted molar refractivity (Wildman–Crippen MR) is 210 cm³/mol. The number of fused-ring (bicyclic) bond motifs is 2. The maximum absolute atomic E-state index is 13.3. The third-order valence-electron chi connectivity index (χ3n) is 13.3. The number of amides is 4. The molecule has 55 heavy (non-hydrogen) atoms. The summed E-state index contributed by atoms with van der Waals surface area (Å²) in [5, 5.41) is 2.80. The van der Waals surface area contributed by atoms with Gasteiger partial charge in [0.15, 0.2) is 0 Å². The van der Waals surface area contributed by atoms with Crippen LogP contribution in [-0.4, -0.2) is 89.2 Å². The van der Waals surface area contributed by atoms with E-state index in [0.717, 1.165) is 86.9 Å². The van der Waals surface area contributed by atoms with Gasteiger partial charge in [-0.25, -0.2) is 4.85 Å². The van der Waals surface area contributed by atoms with E-state index in [0.29, 0.717) is 39.3 Å². The number of rotatable bonds is 6. The molecule has 4 amide bonds. The van der Waals surface area contributed by atoms with Crippen molar-refractivity contribution < 1.29 is 19.2 Å². The van der Waals surface area contributed by atoms with E-state index >= 15 is 0 Å². The van der Waals surface area contributed by atoms with Crippen molar-refractivity contribution >= 4 is 52.3 Å². The van der Waals surface area contributed by atoms with Gasteiger partial charge in [0.25, 0.3) is 11.8 Å². The number of carbonyl (C=O) groups is 4. The summed E-state index contributed by atoms with van der Waals surface area (Å²) in [5.74, 6) is -1.84. The highest BCUT2D eigenvalue weighted by molar-refractivity contribution is 6.33. The molecule has 1 N–H and O–H groups in total. The molecule has 6 heterocycles. The molecule has 2 atom stereocenters. The number of anilines is 2. The molecule has 6 aliphatic heterocycles. The summed E-state index contributed by atoms with van der Waals surface area (Å²) in [6, 6.07) is 18.7. The summed E-state index contributed by atoms with van der Waals surface area (Å²) in [5.41, 5.74) is 7.45. The molecule has 0 saturated carbocycles. The van der Waals surface area contributed by atoms with Gasteiger partial charge >= 0.3 is 0 Å². The summed E-state index contributed by atoms with van der Waals surface area (Å²) in [6.07, 6.45) is 5.93. The number of carbonyl (C=O) groups excluding carboxylic acids is 4. The van der Waals surface area contributed by atoms with Crippen LogP contribution in [0, 0.1) is 12.0 Å². The zero-order chi connectivity index (χ0) is 38.0. The van der Waals surface area contributed by atoms with Gasteiger partial charge < -0.3 is 9.80 Å². The van der Waals surface area contributed by atoms with Crippen molar-refractivity contribution in [3.8, 4) is 0 Å². The number of piperidine rings is 3. The van der Waals surface area contributed by atoms with Crippen LogP contribution in [0.5, 0.6) is 0 Å². The van der Waals surface area contributed by atoms with Crippen LogP contribution in [0.3, 0.4) is 0 Å². The lowest BCUT2D eigenvalue weighted by atomic mass is 9.76. The van der Waals surface area contributed by atoms with Crippen LogP contribution < -0.4 is 15.1 Å². The molecule has 1 unspecified atom stereocenters. The molecule has 0 bridgehead atoms. The Kier molecular flexibility index (Phi) is 9.19. The van der Waals surface area contributed by atoms with Gasteiger partial charge in [-0.2, -0.15) is 0 Å². The lowest BCUT2D eigenvalue weighted by Gasteiger charge is -2.40. The second kappa shape index (κ2) is 14.1. The van der Waals surface area contributed by atoms with Crippen LogP contribution in [0.15, 0.2) is 54.6 Å². The Morgan fingerprint density at radius 3 is 2.13 bits per heavy atom. The fourth-order valence-electron chi connectivity index (χ4n) is 10.2. The van der Waals surface area contributed by atoms with Crippen LogP contribution in [0.2, 0.25) is 5.02 Å². The van der Waals surface area contributed by atoms with Gasteiger partial charge in [-0.3, -0.25) is 39.2 Å². The van der Waals surface area contributed by atoms with E-state index < -0.39 is 23.8 Å². The molecule has 12 heteroatoms. The van der Waals surface area contributed by atoms with E-state index in [9.17, 15) is 19.2 Å². The molecule has 1 spiro atoms. The number of nitrogens with one attached hydrogen (secondary N) is 1. The number of hydrogen-bond acceptors (Lipinski definition) is 8. The summed E-state index contributed by atoms with van der Waals surface area (Å²) in [6.45, 7) is 17.2. The van der Waals surface area contributed by atoms with Crippen molar-refractivity contribution in [2.75, 3.05) is 42.5 Å². The van der Waals surface area contributed by atoms with Gasteiger partial charge in [0, 0.05) is 74.2 Å². The molecule has 4 saturated heterocycles. The van der Waals surface area contributed by atoms with Gasteiger partial charge in [-0.05, 0) is 117 Å². The summed E-state index contributed by atoms with van der Waals surface area (Å²) < 4.78 is 0. The van der Waals surface area contributed by atoms with Crippen LogP contribution >= 0.6 is 11.6 Å². The minimum Gasteiger partial charge on any atom is -0.371 e. The molecule has 6 aliphatic rings. The fraction of sp³-hybridized carbons (Fsp3) is 0.465. The topological polar surface area (TPSA) is 101 Å². The number of nitrogens with zero attached hydrogens (tertiary/aromatic N) is 6. The highest BCUT2D eigenvalue weighted by Gasteiger charge is 2.46. The Hall–Kier alpha value is -4.76. The smallest absolute Gasteiger partial charge is 0.262 e. The third kappa shape index (κ3) is 6.58. The minimum absolute atomic E-state index is 0.112. The molecule has 4 fully saturated rings. The van der Waals surface area contributed by atoms with E-state index in [2.05, 4.69) is 61.0 Å². The van der Waals surface area contributed by atoms with Crippen LogP contribution in [0.4, 0.5) is 17.1 Å². The van der Waals surface area contributed by atoms with Crippen molar-refractivity contribution in [2.24, 2.45) is 5.41 Å². The SMILES string of the molecule is [C-]#[N+]c1ccc(N2CC3(CCN(c4ccc(CN5CCC(N6Cc7cc8c(cc7C6)C(=O)N(C6CCC(=O)NC6=O)C8=O)CC5)cc4)CC3)C[C@@H]2C)cc1Cl. The van der Waals surface area contributed by atoms with Gasteiger partial charge in [0.05, 0.1) is 17.7 Å². The Morgan fingerprint density at radius 2 is 1.51 bits per heavy atom. The normalized spacial score (nSPS) is 24.4. The summed E-state index contributed by atoms with van der Waals surface area (Å²) >= 11 is 6.39. The number of benzene rings is 3. The quantitative estimate of drug-likeness (QED) is 0.236. The largest absolute Gasteiger partial charge is 0.371 e. The van der Waals surface area contributed by atoms with Crippen molar-refractivity contribution in [1.82, 2.24) is 20.0 Å². The lowest BCUT2D eigenvalue weighted by molar-refractivity contribution is -0.136. The van der Waals surface area contributed by atoms with Gasteiger partial charge in [-0.15, -0.1) is 0 Å². The Labute approximate surface area is 327 Å². The third-order valence-corrected chi connectivity index (χ3v) is 13.6. The number of likely N-dealkylation sites (tertiary alicyclic amines) is 1. The maximum Gasteiger partial charge on any atom is 0.262 e. The molecule has 3 aromatic carbocycles. The average molecular weight is 760 g/mol. The first-order valence-electron chi connectivity index (χ1n) is 19.7. The van der Waals surface area contributed by atoms with Crippen LogP contribution in [-0.2, 0) is 29.2 Å². The average Bonchev–Trinajstić information content (AvgIpc) is 3.82. The van der Waals surface area contributed by atoms with Crippen molar-refractivity contribution in [2.45, 2.75) is 89.6 Å². The highest BCUT2D eigenvalue weighted by Crippen LogP contribution is 2.46. The standard InChI is InChI=1S/C43H46ClN7O4/c1-27-22-43(26-50(27)33-7-8-37(45-2)36(44)21-33)13-17-48(18-14-43)31-5-3-28(4-6-31)23-47-15-11-32(12-16-47)49-24-29-19-34-35(20-30(29)25-49)42(55)51(41(34)54)38-9-10-39(52)46-40(38)53/h3-8,19-21,27,32,38H,9-18,22-26H2,1H3,(H,46,52,53)/t27-,38?/m0/s1. The van der Waals surface area contributed by atoms with Crippen molar-refractivity contribution in [3.05, 3.63) is 98.9 Å². The molecule has 3 aromatic rings. The first-order valence-corrected chi connectivity index (χ1v) is 20.1. The van der Waals surface area contributed by atoms with Gasteiger partial charge in [0.1, 0.15) is 6.04 Å². The number of halogens is 1. The second-order valence-electron chi connectivity index (χ2n) is 16.6. The number of imide groups is 2. The maximum atomic E-state index is 13.3. The Balaban J connectivity index is 0.750. The second-order valence-corrected chi connectivity index (χ2v) is 17.0. The molecule has 284 valence electrons. The van der Waals surface area contributed by atoms with E-state index in [1.165, 1.54) is 30.5 Å². The van der Waals surface area contributed by atoms with Crippen molar-refractivity contribution in [3.63, 3.8) is 0 Å². The molecular weight excluding hydrogens is 714 g/mol. The molecular formula is C43H46ClN7O4. The molecule has 0 aromatic heterocycles. The van der Waals surface area contributed by atoms with Crippen LogP contribution in [0.1, 0.15) is 89.3 Å². The highest BCUT2D eigenvalue weighted by atomic mass is 35.5. The minimum atomic E-state index is -0.944. The van der Waals surface area contributed by atoms with Gasteiger partial charge in [0.2, 0.25) is 17.5 Å². The first-order chi connectivity index (χ1) is 26.6. The molecule has 0 aliphatic carbocycles. The van der Waals surface area contributed by atoms with E-state index in [-0.39, 0.29) is 18.7 Å². The van der Waals surface area contributed by atoms with E-state index in [1.54, 1.807) is 0 Å². The van der Waals surface area contributed by atoms with Crippen LogP contribution in [0.25, 0.3) is 4.85 Å². The van der Waals surface area contributed by atoms with Crippen molar-refractivity contribution in [1.29, 1.82) is 0 Å². The molecule has 11 nitrogen and oxygen atoms in total. The Morgan fingerprint density at radius 1 is 0.855 bits per heavy atom. The Bertz CT molecular complexity index is 2070. The lowest BCUT2D eigenvalue weighted by Crippen LogP contribution is -2.54. The zero-order valence-corrected chi connectivity index (χ0v) is 32.0. The molecule has 9 rings (SSSR count). The number of hydrogen-bond donors (Lipinski definition) is 1. The summed E-state index contributed by atoms with van der Waals surface area (Å²) in [4.78, 5) is 65.4. The van der Waals surface area contributed by atoms with Gasteiger partial charge in [-0.1, -0.05) is 29.8 Å². The fourth-order valence-corrected chi connectivity index (χ4v) is 10.4. The molecule has 0 radical (unpaired) electrons. The van der Waals surface area contributed by atoms with E-state index in [4.69, 9.17) is 18.2 Å².